The minimum atomic E-state index is -0.687. The van der Waals surface area contributed by atoms with E-state index in [-0.39, 0.29) is 17.1 Å². The van der Waals surface area contributed by atoms with Crippen LogP contribution in [-0.4, -0.2) is 16.7 Å². The molecule has 1 N–H and O–H groups in total. The number of aliphatic hydroxyl groups excluding tert-OH is 1. The van der Waals surface area contributed by atoms with Gasteiger partial charge in [0.05, 0.1) is 17.9 Å². The maximum absolute atomic E-state index is 11.7. The minimum absolute atomic E-state index is 0.221. The predicted molar refractivity (Wildman–Crippen MR) is 74.8 cm³/mol. The van der Waals surface area contributed by atoms with E-state index in [0.717, 1.165) is 5.57 Å². The van der Waals surface area contributed by atoms with Crippen molar-refractivity contribution in [3.05, 3.63) is 53.5 Å². The second-order valence-electron chi connectivity index (χ2n) is 4.94. The second-order valence-corrected chi connectivity index (χ2v) is 4.94. The van der Waals surface area contributed by atoms with Crippen LogP contribution >= 0.6 is 0 Å². The van der Waals surface area contributed by atoms with Crippen LogP contribution in [0.4, 0.5) is 0 Å². The molecule has 1 aliphatic rings. The zero-order valence-electron chi connectivity index (χ0n) is 11.4. The van der Waals surface area contributed by atoms with E-state index in [4.69, 9.17) is 4.42 Å². The molecule has 4 nitrogen and oxygen atoms in total. The van der Waals surface area contributed by atoms with E-state index in [1.165, 1.54) is 24.5 Å². The van der Waals surface area contributed by atoms with Gasteiger partial charge in [0.15, 0.2) is 11.6 Å². The van der Waals surface area contributed by atoms with Crippen molar-refractivity contribution in [2.75, 3.05) is 0 Å². The Balaban J connectivity index is 2.19. The van der Waals surface area contributed by atoms with Gasteiger partial charge in [-0.3, -0.25) is 9.59 Å². The van der Waals surface area contributed by atoms with Gasteiger partial charge in [0.1, 0.15) is 5.76 Å². The highest BCUT2D eigenvalue weighted by molar-refractivity contribution is 6.33. The van der Waals surface area contributed by atoms with Gasteiger partial charge < -0.3 is 9.52 Å². The number of ketones is 2. The highest BCUT2D eigenvalue weighted by atomic mass is 16.3. The fraction of sp³-hybridized carbons (Fsp3) is 0.250. The van der Waals surface area contributed by atoms with Crippen LogP contribution in [0.1, 0.15) is 37.7 Å². The summed E-state index contributed by atoms with van der Waals surface area (Å²) >= 11 is 0. The molecule has 1 aliphatic carbocycles. The molecule has 2 rings (SSSR count). The van der Waals surface area contributed by atoms with Crippen LogP contribution in [0.5, 0.6) is 0 Å². The maximum Gasteiger partial charge on any atom is 0.189 e. The Labute approximate surface area is 117 Å². The molecule has 0 radical (unpaired) electrons. The standard InChI is InChI=1S/C16H16O4/c1-10(2)3-5-14(18)11-7-16(20-9-11)13-8-12(17)4-6-15(13)19/h3-4,6-9,14,18H,5H2,1-2H3/t14-/m0/s1. The molecule has 104 valence electrons. The number of allylic oxidation sites excluding steroid dienone is 5. The van der Waals surface area contributed by atoms with Crippen molar-refractivity contribution in [2.45, 2.75) is 26.4 Å². The number of furan rings is 1. The lowest BCUT2D eigenvalue weighted by atomic mass is 10.0. The summed E-state index contributed by atoms with van der Waals surface area (Å²) in [5, 5.41) is 10.0. The van der Waals surface area contributed by atoms with Gasteiger partial charge in [-0.2, -0.15) is 0 Å². The topological polar surface area (TPSA) is 67.5 Å². The van der Waals surface area contributed by atoms with Crippen LogP contribution in [0, 0.1) is 0 Å². The fourth-order valence-corrected chi connectivity index (χ4v) is 1.85. The number of rotatable bonds is 4. The summed E-state index contributed by atoms with van der Waals surface area (Å²) in [4.78, 5) is 23.0. The van der Waals surface area contributed by atoms with Gasteiger partial charge in [0, 0.05) is 11.6 Å². The first-order valence-electron chi connectivity index (χ1n) is 6.35. The van der Waals surface area contributed by atoms with E-state index >= 15 is 0 Å². The first-order chi connectivity index (χ1) is 9.47. The van der Waals surface area contributed by atoms with Crippen molar-refractivity contribution < 1.29 is 19.1 Å². The molecule has 1 aromatic rings. The smallest absolute Gasteiger partial charge is 0.189 e. The largest absolute Gasteiger partial charge is 0.464 e. The average Bonchev–Trinajstić information content (AvgIpc) is 2.88. The molecule has 0 bridgehead atoms. The molecule has 1 aromatic heterocycles. The molecule has 0 spiro atoms. The highest BCUT2D eigenvalue weighted by Gasteiger charge is 2.20. The molecule has 0 saturated heterocycles. The van der Waals surface area contributed by atoms with Gasteiger partial charge in [-0.25, -0.2) is 0 Å². The minimum Gasteiger partial charge on any atom is -0.464 e. The van der Waals surface area contributed by atoms with Crippen molar-refractivity contribution in [2.24, 2.45) is 0 Å². The molecule has 0 amide bonds. The first kappa shape index (κ1) is 14.2. The summed E-state index contributed by atoms with van der Waals surface area (Å²) in [5.74, 6) is -0.217. The van der Waals surface area contributed by atoms with Gasteiger partial charge >= 0.3 is 0 Å². The summed E-state index contributed by atoms with van der Waals surface area (Å²) < 4.78 is 5.29. The lowest BCUT2D eigenvalue weighted by molar-refractivity contribution is -0.113. The van der Waals surface area contributed by atoms with Gasteiger partial charge in [0.2, 0.25) is 0 Å². The molecular formula is C16H16O4. The van der Waals surface area contributed by atoms with Gasteiger partial charge in [0.25, 0.3) is 0 Å². The van der Waals surface area contributed by atoms with Gasteiger partial charge in [-0.15, -0.1) is 0 Å². The third-order valence-corrected chi connectivity index (χ3v) is 2.97. The molecule has 1 atom stereocenters. The molecule has 0 aromatic carbocycles. The normalized spacial score (nSPS) is 16.1. The Bertz CT molecular complexity index is 625. The molecule has 0 fully saturated rings. The van der Waals surface area contributed by atoms with E-state index < -0.39 is 6.10 Å². The summed E-state index contributed by atoms with van der Waals surface area (Å²) in [7, 11) is 0. The SMILES string of the molecule is CC(C)=CC[C@H](O)c1coc(C2=CC(=O)C=CC2=O)c1. The van der Waals surface area contributed by atoms with E-state index in [9.17, 15) is 14.7 Å². The number of hydrogen-bond donors (Lipinski definition) is 1. The van der Waals surface area contributed by atoms with Gasteiger partial charge in [-0.05, 0) is 38.5 Å². The number of carbonyl (C=O) groups excluding carboxylic acids is 2. The lowest BCUT2D eigenvalue weighted by Crippen LogP contribution is -2.05. The molecule has 0 aliphatic heterocycles. The zero-order valence-corrected chi connectivity index (χ0v) is 11.4. The third kappa shape index (κ3) is 3.22. The number of carbonyl (C=O) groups is 2. The van der Waals surface area contributed by atoms with Crippen molar-refractivity contribution >= 4 is 17.1 Å². The lowest BCUT2D eigenvalue weighted by Gasteiger charge is -2.04. The predicted octanol–water partition coefficient (Wildman–Crippen LogP) is 2.76. The van der Waals surface area contributed by atoms with Gasteiger partial charge in [-0.1, -0.05) is 11.6 Å². The zero-order chi connectivity index (χ0) is 14.7. The third-order valence-electron chi connectivity index (χ3n) is 2.97. The Kier molecular flexibility index (Phi) is 4.15. The molecular weight excluding hydrogens is 256 g/mol. The van der Waals surface area contributed by atoms with Crippen molar-refractivity contribution in [3.8, 4) is 0 Å². The summed E-state index contributed by atoms with van der Waals surface area (Å²) in [6.07, 6.45) is 6.82. The monoisotopic (exact) mass is 272 g/mol. The first-order valence-corrected chi connectivity index (χ1v) is 6.35. The Morgan fingerprint density at radius 3 is 2.80 bits per heavy atom. The summed E-state index contributed by atoms with van der Waals surface area (Å²) in [5.41, 5.74) is 1.93. The quantitative estimate of drug-likeness (QED) is 0.676. The molecule has 0 unspecified atom stereocenters. The van der Waals surface area contributed by atoms with E-state index in [1.807, 2.05) is 19.9 Å². The van der Waals surface area contributed by atoms with E-state index in [0.29, 0.717) is 17.7 Å². The Morgan fingerprint density at radius 2 is 2.10 bits per heavy atom. The Hall–Kier alpha value is -2.20. The number of aliphatic hydroxyl groups is 1. The molecule has 4 heteroatoms. The average molecular weight is 272 g/mol. The Morgan fingerprint density at radius 1 is 1.35 bits per heavy atom. The maximum atomic E-state index is 11.7. The van der Waals surface area contributed by atoms with Crippen LogP contribution in [0.25, 0.3) is 5.57 Å². The fourth-order valence-electron chi connectivity index (χ4n) is 1.85. The highest BCUT2D eigenvalue weighted by Crippen LogP contribution is 2.26. The second kappa shape index (κ2) is 5.84. The molecule has 1 heterocycles. The van der Waals surface area contributed by atoms with Crippen molar-refractivity contribution in [3.63, 3.8) is 0 Å². The molecule has 0 saturated carbocycles. The van der Waals surface area contributed by atoms with Crippen molar-refractivity contribution in [1.82, 2.24) is 0 Å². The van der Waals surface area contributed by atoms with Crippen LogP contribution in [0.3, 0.4) is 0 Å². The number of hydrogen-bond acceptors (Lipinski definition) is 4. The van der Waals surface area contributed by atoms with Crippen LogP contribution in [0.15, 0.2) is 46.6 Å². The van der Waals surface area contributed by atoms with Crippen LogP contribution < -0.4 is 0 Å². The van der Waals surface area contributed by atoms with E-state index in [2.05, 4.69) is 0 Å². The summed E-state index contributed by atoms with van der Waals surface area (Å²) in [6, 6.07) is 1.60. The summed E-state index contributed by atoms with van der Waals surface area (Å²) in [6.45, 7) is 3.91. The molecule has 20 heavy (non-hydrogen) atoms. The van der Waals surface area contributed by atoms with Crippen molar-refractivity contribution in [1.29, 1.82) is 0 Å². The van der Waals surface area contributed by atoms with E-state index in [1.54, 1.807) is 6.07 Å². The van der Waals surface area contributed by atoms with Crippen LogP contribution in [0.2, 0.25) is 0 Å². The van der Waals surface area contributed by atoms with Crippen LogP contribution in [-0.2, 0) is 9.59 Å².